The van der Waals surface area contributed by atoms with Crippen LogP contribution in [0.2, 0.25) is 10.0 Å². The number of nitrogens with one attached hydrogen (secondary N) is 2. The van der Waals surface area contributed by atoms with Crippen LogP contribution >= 0.6 is 23.2 Å². The number of nitrogens with zero attached hydrogens (tertiary/aromatic N) is 3. The molecule has 0 fully saturated rings. The van der Waals surface area contributed by atoms with Gasteiger partial charge >= 0.3 is 0 Å². The number of hydrogen-bond acceptors (Lipinski definition) is 8. The van der Waals surface area contributed by atoms with Crippen LogP contribution in [0.25, 0.3) is 0 Å². The molecule has 39 heavy (non-hydrogen) atoms. The predicted octanol–water partition coefficient (Wildman–Crippen LogP) is 4.65. The first-order chi connectivity index (χ1) is 18.8. The van der Waals surface area contributed by atoms with E-state index in [1.807, 2.05) is 0 Å². The first-order valence-corrected chi connectivity index (χ1v) is 12.1. The number of amides is 2. The van der Waals surface area contributed by atoms with E-state index in [1.54, 1.807) is 30.3 Å². The van der Waals surface area contributed by atoms with Crippen LogP contribution in [0.1, 0.15) is 27.2 Å². The van der Waals surface area contributed by atoms with Gasteiger partial charge in [0.15, 0.2) is 12.2 Å². The summed E-state index contributed by atoms with van der Waals surface area (Å²) < 4.78 is 30.2. The minimum Gasteiger partial charge on any atom is -0.496 e. The molecule has 2 aromatic carbocycles. The Kier molecular flexibility index (Phi) is 7.44. The van der Waals surface area contributed by atoms with E-state index in [0.717, 1.165) is 12.3 Å². The first-order valence-electron chi connectivity index (χ1n) is 11.3. The third-order valence-corrected chi connectivity index (χ3v) is 6.10. The number of halogens is 3. The number of hydrogen-bond donors (Lipinski definition) is 2. The molecule has 0 saturated carbocycles. The van der Waals surface area contributed by atoms with Gasteiger partial charge in [-0.2, -0.15) is 0 Å². The van der Waals surface area contributed by atoms with Crippen LogP contribution in [0, 0.1) is 5.82 Å². The standard InChI is InChI=1S/C26H18Cl2FN5O5/c1-37-20-7-13(27)6-18(28)21(20)22-16-4-2-3-5-19(16)32-25(36)23(33-22)34-24(35)17-8-14(29)9-31-26(17)38-11-15-10-30-12-39-15/h2-10,12,23H,11H2,1H3,(H,32,36)(H,34,35). The molecule has 198 valence electrons. The molecular formula is C26H18Cl2FN5O5. The van der Waals surface area contributed by atoms with Gasteiger partial charge in [0.1, 0.15) is 23.7 Å². The molecule has 3 heterocycles. The molecule has 0 spiro atoms. The Labute approximate surface area is 230 Å². The van der Waals surface area contributed by atoms with Crippen LogP contribution < -0.4 is 20.1 Å². The summed E-state index contributed by atoms with van der Waals surface area (Å²) in [4.78, 5) is 38.7. The number of anilines is 1. The molecule has 0 saturated heterocycles. The fourth-order valence-corrected chi connectivity index (χ4v) is 4.42. The molecule has 5 rings (SSSR count). The highest BCUT2D eigenvalue weighted by Gasteiger charge is 2.30. The zero-order chi connectivity index (χ0) is 27.5. The molecule has 10 nitrogen and oxygen atoms in total. The van der Waals surface area contributed by atoms with Crippen molar-refractivity contribution in [2.24, 2.45) is 4.99 Å². The van der Waals surface area contributed by atoms with Crippen molar-refractivity contribution in [2.75, 3.05) is 12.4 Å². The number of oxazole rings is 1. The van der Waals surface area contributed by atoms with E-state index in [9.17, 15) is 14.0 Å². The number of ether oxygens (including phenoxy) is 2. The topological polar surface area (TPSA) is 128 Å². The lowest BCUT2D eigenvalue weighted by molar-refractivity contribution is -0.117. The van der Waals surface area contributed by atoms with Crippen molar-refractivity contribution < 1.29 is 27.9 Å². The second-order valence-electron chi connectivity index (χ2n) is 8.12. The number of carbonyl (C=O) groups excluding carboxylic acids is 2. The molecule has 13 heteroatoms. The second kappa shape index (κ2) is 11.1. The maximum Gasteiger partial charge on any atom is 0.269 e. The molecule has 2 amide bonds. The van der Waals surface area contributed by atoms with E-state index >= 15 is 0 Å². The number of fused-ring (bicyclic) bond motifs is 1. The number of carbonyl (C=O) groups is 2. The average Bonchev–Trinajstić information content (AvgIpc) is 3.40. The highest BCUT2D eigenvalue weighted by atomic mass is 35.5. The van der Waals surface area contributed by atoms with Crippen molar-refractivity contribution in [1.29, 1.82) is 0 Å². The molecule has 0 aliphatic carbocycles. The maximum absolute atomic E-state index is 14.1. The predicted molar refractivity (Wildman–Crippen MR) is 140 cm³/mol. The summed E-state index contributed by atoms with van der Waals surface area (Å²) in [5, 5.41) is 5.81. The van der Waals surface area contributed by atoms with Crippen molar-refractivity contribution in [3.8, 4) is 11.6 Å². The summed E-state index contributed by atoms with van der Waals surface area (Å²) in [7, 11) is 1.44. The number of benzene rings is 2. The van der Waals surface area contributed by atoms with Crippen molar-refractivity contribution in [3.63, 3.8) is 0 Å². The summed E-state index contributed by atoms with van der Waals surface area (Å²) in [6.07, 6.45) is 2.07. The molecule has 2 aromatic heterocycles. The van der Waals surface area contributed by atoms with Gasteiger partial charge in [-0.25, -0.2) is 19.4 Å². The highest BCUT2D eigenvalue weighted by molar-refractivity contribution is 6.39. The van der Waals surface area contributed by atoms with Crippen LogP contribution in [0.4, 0.5) is 10.1 Å². The molecule has 1 unspecified atom stereocenters. The number of aliphatic imine (C=N–C) groups is 1. The normalized spacial score (nSPS) is 14.5. The maximum atomic E-state index is 14.1. The Bertz CT molecular complexity index is 1600. The van der Waals surface area contributed by atoms with Crippen LogP contribution in [-0.2, 0) is 11.4 Å². The lowest BCUT2D eigenvalue weighted by Gasteiger charge is -2.16. The van der Waals surface area contributed by atoms with Crippen molar-refractivity contribution >= 4 is 46.4 Å². The van der Waals surface area contributed by atoms with Gasteiger partial charge in [0.2, 0.25) is 12.0 Å². The van der Waals surface area contributed by atoms with E-state index in [4.69, 9.17) is 37.1 Å². The van der Waals surface area contributed by atoms with Crippen molar-refractivity contribution in [2.45, 2.75) is 12.8 Å². The Hall–Kier alpha value is -4.48. The van der Waals surface area contributed by atoms with Crippen LogP contribution in [0.5, 0.6) is 11.6 Å². The Balaban J connectivity index is 1.53. The van der Waals surface area contributed by atoms with Gasteiger partial charge in [0.25, 0.3) is 11.8 Å². The zero-order valence-corrected chi connectivity index (χ0v) is 21.6. The van der Waals surface area contributed by atoms with Crippen LogP contribution in [-0.4, -0.2) is 40.8 Å². The van der Waals surface area contributed by atoms with Crippen molar-refractivity contribution in [1.82, 2.24) is 15.3 Å². The quantitative estimate of drug-likeness (QED) is 0.331. The summed E-state index contributed by atoms with van der Waals surface area (Å²) in [6, 6.07) is 10.9. The first kappa shape index (κ1) is 26.1. The minimum absolute atomic E-state index is 0.116. The monoisotopic (exact) mass is 569 g/mol. The van der Waals surface area contributed by atoms with Gasteiger partial charge in [-0.05, 0) is 24.3 Å². The molecule has 0 radical (unpaired) electrons. The fourth-order valence-electron chi connectivity index (χ4n) is 3.85. The van der Waals surface area contributed by atoms with E-state index in [0.29, 0.717) is 33.3 Å². The number of aromatic nitrogens is 2. The number of rotatable bonds is 7. The molecule has 1 aliphatic heterocycles. The van der Waals surface area contributed by atoms with Gasteiger partial charge in [-0.3, -0.25) is 9.59 Å². The van der Waals surface area contributed by atoms with Gasteiger partial charge < -0.3 is 24.5 Å². The summed E-state index contributed by atoms with van der Waals surface area (Å²) in [5.74, 6) is -1.82. The molecule has 2 N–H and O–H groups in total. The number of para-hydroxylation sites is 1. The minimum atomic E-state index is -1.46. The fraction of sp³-hybridized carbons (Fsp3) is 0.115. The highest BCUT2D eigenvalue weighted by Crippen LogP contribution is 2.35. The third kappa shape index (κ3) is 5.54. The molecule has 4 aromatic rings. The van der Waals surface area contributed by atoms with Gasteiger partial charge in [-0.15, -0.1) is 0 Å². The van der Waals surface area contributed by atoms with E-state index in [1.165, 1.54) is 25.8 Å². The van der Waals surface area contributed by atoms with Gasteiger partial charge in [-0.1, -0.05) is 41.4 Å². The lowest BCUT2D eigenvalue weighted by atomic mass is 9.99. The zero-order valence-electron chi connectivity index (χ0n) is 20.1. The summed E-state index contributed by atoms with van der Waals surface area (Å²) in [5.41, 5.74) is 1.30. The number of pyridine rings is 1. The van der Waals surface area contributed by atoms with Gasteiger partial charge in [0.05, 0.1) is 41.5 Å². The molecule has 0 bridgehead atoms. The number of methoxy groups -OCH3 is 1. The second-order valence-corrected chi connectivity index (χ2v) is 8.96. The van der Waals surface area contributed by atoms with E-state index in [-0.39, 0.29) is 28.8 Å². The summed E-state index contributed by atoms with van der Waals surface area (Å²) in [6.45, 7) is -0.116. The average molecular weight is 570 g/mol. The molecule has 1 atom stereocenters. The third-order valence-electron chi connectivity index (χ3n) is 5.59. The Morgan fingerprint density at radius 2 is 2.03 bits per heavy atom. The Morgan fingerprint density at radius 1 is 1.21 bits per heavy atom. The number of benzodiazepines with no additional fused rings is 1. The van der Waals surface area contributed by atoms with Gasteiger partial charge in [0, 0.05) is 10.6 Å². The lowest BCUT2D eigenvalue weighted by Crippen LogP contribution is -2.42. The molecule has 1 aliphatic rings. The molecular weight excluding hydrogens is 552 g/mol. The van der Waals surface area contributed by atoms with E-state index in [2.05, 4.69) is 25.6 Å². The summed E-state index contributed by atoms with van der Waals surface area (Å²) >= 11 is 12.7. The van der Waals surface area contributed by atoms with Crippen LogP contribution in [0.15, 0.2) is 70.7 Å². The van der Waals surface area contributed by atoms with E-state index < -0.39 is 23.8 Å². The van der Waals surface area contributed by atoms with Crippen molar-refractivity contribution in [3.05, 3.63) is 99.6 Å². The Morgan fingerprint density at radius 3 is 2.79 bits per heavy atom. The van der Waals surface area contributed by atoms with Crippen LogP contribution in [0.3, 0.4) is 0 Å². The largest absolute Gasteiger partial charge is 0.496 e. The SMILES string of the molecule is COc1cc(Cl)cc(Cl)c1C1=NC(NC(=O)c2cc(F)cnc2OCc2cnco2)C(=O)Nc2ccccc21. The smallest absolute Gasteiger partial charge is 0.269 e.